The zero-order chi connectivity index (χ0) is 28.5. The maximum Gasteiger partial charge on any atom is 0.417 e. The Kier molecular flexibility index (Phi) is 8.31. The van der Waals surface area contributed by atoms with Crippen LogP contribution in [0, 0.1) is 17.6 Å². The number of ether oxygens (including phenoxy) is 1. The lowest BCUT2D eigenvalue weighted by Crippen LogP contribution is -2.42. The average Bonchev–Trinajstić information content (AvgIpc) is 2.82. The van der Waals surface area contributed by atoms with Crippen LogP contribution in [0.2, 0.25) is 5.02 Å². The third-order valence-corrected chi connectivity index (χ3v) is 6.51. The molecule has 0 saturated heterocycles. The molecule has 1 saturated carbocycles. The number of benzene rings is 2. The van der Waals surface area contributed by atoms with E-state index in [0.29, 0.717) is 30.5 Å². The number of aromatic nitrogens is 2. The third-order valence-electron chi connectivity index (χ3n) is 6.16. The standard InChI is InChI=1S/C25H19ClF7N3O3/c26-17-7-14(27)3-1-12(17)10-39-15-5-13(6-15)24(38)34-9-11-2-4-16(25(31,32)33)20(21(11)28)23-35-18(22(29)30)8-19(37)36-23/h1-4,7-8,13,15,22H,5-6,9-10H2,(H,34,38)(H,35,36,37). The second-order valence-corrected chi connectivity index (χ2v) is 9.24. The van der Waals surface area contributed by atoms with Gasteiger partial charge in [-0.25, -0.2) is 22.5 Å². The lowest BCUT2D eigenvalue weighted by molar-refractivity contribution is -0.137. The Hall–Kier alpha value is -3.45. The molecule has 2 aromatic carbocycles. The summed E-state index contributed by atoms with van der Waals surface area (Å²) in [5.41, 5.74) is -4.88. The van der Waals surface area contributed by atoms with Crippen LogP contribution in [0.15, 0.2) is 41.2 Å². The minimum atomic E-state index is -5.10. The van der Waals surface area contributed by atoms with Gasteiger partial charge in [-0.15, -0.1) is 0 Å². The Bertz CT molecular complexity index is 1440. The van der Waals surface area contributed by atoms with Gasteiger partial charge in [0.2, 0.25) is 5.91 Å². The fourth-order valence-electron chi connectivity index (χ4n) is 4.02. The number of aromatic amines is 1. The lowest BCUT2D eigenvalue weighted by Gasteiger charge is -2.34. The molecular weight excluding hydrogens is 559 g/mol. The molecule has 0 atom stereocenters. The number of hydrogen-bond donors (Lipinski definition) is 2. The van der Waals surface area contributed by atoms with Crippen LogP contribution in [0.3, 0.4) is 0 Å². The summed E-state index contributed by atoms with van der Waals surface area (Å²) in [6.45, 7) is -0.414. The van der Waals surface area contributed by atoms with Gasteiger partial charge in [0.05, 0.1) is 23.8 Å². The number of H-pyrrole nitrogens is 1. The molecule has 1 aliphatic rings. The van der Waals surface area contributed by atoms with Gasteiger partial charge in [-0.05, 0) is 36.6 Å². The van der Waals surface area contributed by atoms with E-state index in [4.69, 9.17) is 16.3 Å². The predicted octanol–water partition coefficient (Wildman–Crippen LogP) is 5.94. The third kappa shape index (κ3) is 6.59. The molecule has 0 radical (unpaired) electrons. The van der Waals surface area contributed by atoms with Gasteiger partial charge in [0.1, 0.15) is 23.2 Å². The first-order valence-corrected chi connectivity index (χ1v) is 11.8. The number of carbonyl (C=O) groups is 1. The molecule has 1 aliphatic carbocycles. The number of nitrogens with zero attached hydrogens (tertiary/aromatic N) is 1. The van der Waals surface area contributed by atoms with Crippen LogP contribution in [0.25, 0.3) is 11.4 Å². The molecule has 0 spiro atoms. The molecule has 6 nitrogen and oxygen atoms in total. The van der Waals surface area contributed by atoms with Gasteiger partial charge < -0.3 is 15.0 Å². The van der Waals surface area contributed by atoms with Crippen molar-refractivity contribution >= 4 is 17.5 Å². The molecule has 2 N–H and O–H groups in total. The van der Waals surface area contributed by atoms with Crippen molar-refractivity contribution in [3.8, 4) is 11.4 Å². The van der Waals surface area contributed by atoms with E-state index < -0.39 is 70.8 Å². The first-order valence-electron chi connectivity index (χ1n) is 11.4. The van der Waals surface area contributed by atoms with Crippen molar-refractivity contribution in [2.24, 2.45) is 5.92 Å². The normalized spacial score (nSPS) is 17.3. The molecule has 0 aliphatic heterocycles. The van der Waals surface area contributed by atoms with Crippen molar-refractivity contribution in [3.05, 3.63) is 85.8 Å². The van der Waals surface area contributed by atoms with Crippen LogP contribution in [-0.4, -0.2) is 22.0 Å². The molecule has 0 unspecified atom stereocenters. The van der Waals surface area contributed by atoms with Crippen molar-refractivity contribution in [2.75, 3.05) is 0 Å². The van der Waals surface area contributed by atoms with Gasteiger partial charge in [-0.2, -0.15) is 13.2 Å². The number of alkyl halides is 5. The van der Waals surface area contributed by atoms with Crippen molar-refractivity contribution < 1.29 is 40.3 Å². The second-order valence-electron chi connectivity index (χ2n) is 8.83. The number of carbonyl (C=O) groups excluding carboxylic acids is 1. The summed E-state index contributed by atoms with van der Waals surface area (Å²) in [5.74, 6) is -3.99. The minimum absolute atomic E-state index is 0.0978. The number of amides is 1. The Morgan fingerprint density at radius 1 is 1.13 bits per heavy atom. The summed E-state index contributed by atoms with van der Waals surface area (Å²) in [5, 5.41) is 2.63. The van der Waals surface area contributed by atoms with Crippen LogP contribution in [-0.2, 0) is 28.9 Å². The van der Waals surface area contributed by atoms with Crippen LogP contribution >= 0.6 is 11.6 Å². The Morgan fingerprint density at radius 2 is 1.82 bits per heavy atom. The highest BCUT2D eigenvalue weighted by molar-refractivity contribution is 6.31. The monoisotopic (exact) mass is 577 g/mol. The van der Waals surface area contributed by atoms with Crippen LogP contribution in [0.1, 0.15) is 41.7 Å². The highest BCUT2D eigenvalue weighted by Gasteiger charge is 2.38. The minimum Gasteiger partial charge on any atom is -0.373 e. The molecule has 4 rings (SSSR count). The number of nitrogens with one attached hydrogen (secondary N) is 2. The molecule has 39 heavy (non-hydrogen) atoms. The molecule has 1 fully saturated rings. The zero-order valence-corrected chi connectivity index (χ0v) is 20.5. The van der Waals surface area contributed by atoms with Gasteiger partial charge in [0.25, 0.3) is 12.0 Å². The molecule has 1 aromatic heterocycles. The first kappa shape index (κ1) is 28.6. The smallest absolute Gasteiger partial charge is 0.373 e. The molecule has 208 valence electrons. The fourth-order valence-corrected chi connectivity index (χ4v) is 4.24. The summed E-state index contributed by atoms with van der Waals surface area (Å²) < 4.78 is 101. The SMILES string of the molecule is O=C(NCc1ccc(C(F)(F)F)c(-c2nc(C(F)F)cc(=O)[nH]2)c1F)C1CC(OCc2ccc(F)cc2Cl)C1. The van der Waals surface area contributed by atoms with E-state index in [-0.39, 0.29) is 23.3 Å². The van der Waals surface area contributed by atoms with E-state index in [1.807, 2.05) is 4.98 Å². The van der Waals surface area contributed by atoms with Gasteiger partial charge in [0, 0.05) is 29.1 Å². The van der Waals surface area contributed by atoms with E-state index in [0.717, 1.165) is 12.1 Å². The van der Waals surface area contributed by atoms with Crippen molar-refractivity contribution in [1.82, 2.24) is 15.3 Å². The van der Waals surface area contributed by atoms with Gasteiger partial charge in [-0.3, -0.25) is 9.59 Å². The average molecular weight is 578 g/mol. The molecule has 0 bridgehead atoms. The maximum absolute atomic E-state index is 15.3. The molecule has 1 heterocycles. The van der Waals surface area contributed by atoms with Gasteiger partial charge >= 0.3 is 6.18 Å². The molecule has 1 amide bonds. The van der Waals surface area contributed by atoms with Crippen molar-refractivity contribution in [1.29, 1.82) is 0 Å². The second kappa shape index (κ2) is 11.3. The van der Waals surface area contributed by atoms with Crippen LogP contribution < -0.4 is 10.9 Å². The Balaban J connectivity index is 1.43. The Labute approximate surface area is 221 Å². The largest absolute Gasteiger partial charge is 0.417 e. The predicted molar refractivity (Wildman–Crippen MR) is 125 cm³/mol. The lowest BCUT2D eigenvalue weighted by atomic mass is 9.81. The first-order chi connectivity index (χ1) is 18.3. The summed E-state index contributed by atoms with van der Waals surface area (Å²) >= 11 is 5.95. The van der Waals surface area contributed by atoms with Crippen molar-refractivity contribution in [2.45, 2.75) is 44.7 Å². The molecule has 3 aromatic rings. The van der Waals surface area contributed by atoms with Crippen LogP contribution in [0.5, 0.6) is 0 Å². The van der Waals surface area contributed by atoms with Crippen LogP contribution in [0.4, 0.5) is 30.7 Å². The van der Waals surface area contributed by atoms with E-state index in [1.165, 1.54) is 12.1 Å². The van der Waals surface area contributed by atoms with E-state index in [2.05, 4.69) is 10.3 Å². The summed E-state index contributed by atoms with van der Waals surface area (Å²) in [7, 11) is 0. The van der Waals surface area contributed by atoms with Gasteiger partial charge in [-0.1, -0.05) is 23.7 Å². The highest BCUT2D eigenvalue weighted by Crippen LogP contribution is 2.39. The summed E-state index contributed by atoms with van der Waals surface area (Å²) in [4.78, 5) is 29.4. The quantitative estimate of drug-likeness (QED) is 0.325. The molecule has 14 heteroatoms. The zero-order valence-electron chi connectivity index (χ0n) is 19.7. The topological polar surface area (TPSA) is 84.1 Å². The highest BCUT2D eigenvalue weighted by atomic mass is 35.5. The fraction of sp³-hybridized carbons (Fsp3) is 0.320. The van der Waals surface area contributed by atoms with Gasteiger partial charge in [0.15, 0.2) is 0 Å². The van der Waals surface area contributed by atoms with Crippen molar-refractivity contribution in [3.63, 3.8) is 0 Å². The maximum atomic E-state index is 15.3. The number of hydrogen-bond acceptors (Lipinski definition) is 4. The number of rotatable bonds is 8. The summed E-state index contributed by atoms with van der Waals surface area (Å²) in [6.07, 6.45) is -8.04. The van der Waals surface area contributed by atoms with E-state index >= 15 is 4.39 Å². The Morgan fingerprint density at radius 3 is 2.46 bits per heavy atom. The van der Waals surface area contributed by atoms with E-state index in [1.54, 1.807) is 0 Å². The molecular formula is C25H19ClF7N3O3. The van der Waals surface area contributed by atoms with E-state index in [9.17, 15) is 35.9 Å². The summed E-state index contributed by atoms with van der Waals surface area (Å²) in [6, 6.07) is 5.57. The number of halogens is 8.